The van der Waals surface area contributed by atoms with Crippen molar-refractivity contribution in [3.8, 4) is 0 Å². The van der Waals surface area contributed by atoms with E-state index >= 15 is 0 Å². The molecule has 3 atom stereocenters. The summed E-state index contributed by atoms with van der Waals surface area (Å²) >= 11 is 0. The van der Waals surface area contributed by atoms with Gasteiger partial charge in [0.15, 0.2) is 5.82 Å². The lowest BCUT2D eigenvalue weighted by molar-refractivity contribution is -0.0725. The summed E-state index contributed by atoms with van der Waals surface area (Å²) in [5.74, 6) is 1.26. The topological polar surface area (TPSA) is 80.7 Å². The van der Waals surface area contributed by atoms with Gasteiger partial charge in [0, 0.05) is 25.7 Å². The zero-order valence-electron chi connectivity index (χ0n) is 13.6. The van der Waals surface area contributed by atoms with Crippen LogP contribution in [0.5, 0.6) is 0 Å². The molecule has 3 heterocycles. The predicted molar refractivity (Wildman–Crippen MR) is 82.1 cm³/mol. The first-order valence-electron chi connectivity index (χ1n) is 8.27. The van der Waals surface area contributed by atoms with Gasteiger partial charge in [0.2, 0.25) is 5.89 Å². The Morgan fingerprint density at radius 1 is 1.27 bits per heavy atom. The van der Waals surface area contributed by atoms with Crippen molar-refractivity contribution in [2.24, 2.45) is 5.73 Å². The average molecular weight is 309 g/mol. The molecule has 3 unspecified atom stereocenters. The molecule has 2 fully saturated rings. The van der Waals surface area contributed by atoms with Gasteiger partial charge < -0.3 is 15.0 Å². The minimum absolute atomic E-state index is 0.306. The summed E-state index contributed by atoms with van der Waals surface area (Å²) in [7, 11) is 0. The van der Waals surface area contributed by atoms with Gasteiger partial charge >= 0.3 is 0 Å². The second-order valence-electron chi connectivity index (χ2n) is 6.55. The smallest absolute Gasteiger partial charge is 0.240 e. The van der Waals surface area contributed by atoms with E-state index in [1.807, 2.05) is 0 Å². The van der Waals surface area contributed by atoms with Crippen LogP contribution in [0.4, 0.5) is 0 Å². The number of morpholine rings is 1. The molecular formula is C15H27N5O2. The quantitative estimate of drug-likeness (QED) is 0.853. The van der Waals surface area contributed by atoms with Gasteiger partial charge in [-0.1, -0.05) is 5.16 Å². The third-order valence-corrected chi connectivity index (χ3v) is 4.49. The molecule has 3 rings (SSSR count). The Labute approximate surface area is 131 Å². The number of hydrogen-bond acceptors (Lipinski definition) is 7. The highest BCUT2D eigenvalue weighted by Gasteiger charge is 2.30. The lowest BCUT2D eigenvalue weighted by atomic mass is 10.1. The zero-order valence-corrected chi connectivity index (χ0v) is 13.6. The molecule has 0 aromatic carbocycles. The van der Waals surface area contributed by atoms with Gasteiger partial charge in [-0.2, -0.15) is 4.98 Å². The number of hydrogen-bond donors (Lipinski definition) is 1. The van der Waals surface area contributed by atoms with Crippen LogP contribution in [-0.2, 0) is 17.8 Å². The first-order chi connectivity index (χ1) is 10.6. The average Bonchev–Trinajstić information content (AvgIpc) is 3.08. The second-order valence-corrected chi connectivity index (χ2v) is 6.55. The maximum Gasteiger partial charge on any atom is 0.240 e. The van der Waals surface area contributed by atoms with Crippen LogP contribution in [0.2, 0.25) is 0 Å². The molecule has 1 aromatic heterocycles. The SMILES string of the molecule is CC1CN(CC2CCCN2Cc2noc(CN)n2)CC(C)O1. The van der Waals surface area contributed by atoms with E-state index in [1.165, 1.54) is 12.8 Å². The van der Waals surface area contributed by atoms with Crippen LogP contribution in [-0.4, -0.2) is 64.4 Å². The first-order valence-corrected chi connectivity index (χ1v) is 8.27. The molecule has 0 radical (unpaired) electrons. The minimum atomic E-state index is 0.306. The van der Waals surface area contributed by atoms with Crippen LogP contribution in [0.3, 0.4) is 0 Å². The van der Waals surface area contributed by atoms with E-state index in [2.05, 4.69) is 33.8 Å². The van der Waals surface area contributed by atoms with Crippen molar-refractivity contribution < 1.29 is 9.26 Å². The highest BCUT2D eigenvalue weighted by atomic mass is 16.5. The van der Waals surface area contributed by atoms with Crippen molar-refractivity contribution in [1.82, 2.24) is 19.9 Å². The van der Waals surface area contributed by atoms with Gasteiger partial charge in [-0.25, -0.2) is 0 Å². The Morgan fingerprint density at radius 2 is 2.05 bits per heavy atom. The molecule has 7 nitrogen and oxygen atoms in total. The molecule has 7 heteroatoms. The standard InChI is InChI=1S/C15H27N5O2/c1-11-7-19(8-12(2)21-11)9-13-4-3-5-20(13)10-14-17-15(6-16)22-18-14/h11-13H,3-10,16H2,1-2H3. The molecule has 124 valence electrons. The molecule has 2 aliphatic heterocycles. The maximum absolute atomic E-state index is 5.82. The monoisotopic (exact) mass is 309 g/mol. The van der Waals surface area contributed by atoms with Crippen molar-refractivity contribution in [3.05, 3.63) is 11.7 Å². The van der Waals surface area contributed by atoms with Crippen molar-refractivity contribution in [3.63, 3.8) is 0 Å². The Morgan fingerprint density at radius 3 is 2.73 bits per heavy atom. The van der Waals surface area contributed by atoms with E-state index in [0.717, 1.165) is 38.5 Å². The Bertz CT molecular complexity index is 470. The van der Waals surface area contributed by atoms with E-state index in [1.54, 1.807) is 0 Å². The van der Waals surface area contributed by atoms with Gasteiger partial charge in [-0.15, -0.1) is 0 Å². The highest BCUT2D eigenvalue weighted by molar-refractivity contribution is 4.91. The largest absolute Gasteiger partial charge is 0.373 e. The normalized spacial score (nSPS) is 31.0. The molecule has 0 aliphatic carbocycles. The summed E-state index contributed by atoms with van der Waals surface area (Å²) in [6, 6.07) is 0.567. The summed E-state index contributed by atoms with van der Waals surface area (Å²) in [6.07, 6.45) is 3.12. The predicted octanol–water partition coefficient (Wildman–Crippen LogP) is 0.602. The van der Waals surface area contributed by atoms with E-state index in [0.29, 0.717) is 30.7 Å². The number of rotatable bonds is 5. The van der Waals surface area contributed by atoms with Gasteiger partial charge in [0.1, 0.15) is 0 Å². The fraction of sp³-hybridized carbons (Fsp3) is 0.867. The summed E-state index contributed by atoms with van der Waals surface area (Å²) in [5.41, 5.74) is 5.52. The third-order valence-electron chi connectivity index (χ3n) is 4.49. The lowest BCUT2D eigenvalue weighted by Gasteiger charge is -2.38. The highest BCUT2D eigenvalue weighted by Crippen LogP contribution is 2.22. The van der Waals surface area contributed by atoms with Crippen LogP contribution in [0, 0.1) is 0 Å². The summed E-state index contributed by atoms with van der Waals surface area (Å²) < 4.78 is 10.9. The number of nitrogens with zero attached hydrogens (tertiary/aromatic N) is 4. The van der Waals surface area contributed by atoms with E-state index in [9.17, 15) is 0 Å². The molecule has 2 aliphatic rings. The number of likely N-dealkylation sites (tertiary alicyclic amines) is 1. The van der Waals surface area contributed by atoms with Crippen molar-refractivity contribution in [1.29, 1.82) is 0 Å². The van der Waals surface area contributed by atoms with E-state index in [4.69, 9.17) is 15.0 Å². The molecule has 22 heavy (non-hydrogen) atoms. The Kier molecular flexibility index (Phi) is 5.07. The van der Waals surface area contributed by atoms with Gasteiger partial charge in [0.05, 0.1) is 25.3 Å². The van der Waals surface area contributed by atoms with Crippen LogP contribution < -0.4 is 5.73 Å². The molecule has 2 N–H and O–H groups in total. The number of aromatic nitrogens is 2. The lowest BCUT2D eigenvalue weighted by Crippen LogP contribution is -2.50. The molecule has 2 saturated heterocycles. The van der Waals surface area contributed by atoms with Gasteiger partial charge in [-0.3, -0.25) is 9.80 Å². The van der Waals surface area contributed by atoms with Crippen molar-refractivity contribution in [2.75, 3.05) is 26.2 Å². The van der Waals surface area contributed by atoms with Crippen molar-refractivity contribution >= 4 is 0 Å². The second kappa shape index (κ2) is 7.04. The summed E-state index contributed by atoms with van der Waals surface area (Å²) in [4.78, 5) is 9.32. The molecule has 0 spiro atoms. The van der Waals surface area contributed by atoms with Crippen LogP contribution >= 0.6 is 0 Å². The van der Waals surface area contributed by atoms with Crippen LogP contribution in [0.25, 0.3) is 0 Å². The van der Waals surface area contributed by atoms with Gasteiger partial charge in [0.25, 0.3) is 0 Å². The maximum atomic E-state index is 5.82. The van der Waals surface area contributed by atoms with Crippen LogP contribution in [0.1, 0.15) is 38.4 Å². The van der Waals surface area contributed by atoms with Crippen LogP contribution in [0.15, 0.2) is 4.52 Å². The fourth-order valence-electron chi connectivity index (χ4n) is 3.66. The number of ether oxygens (including phenoxy) is 1. The molecule has 0 amide bonds. The van der Waals surface area contributed by atoms with E-state index in [-0.39, 0.29) is 0 Å². The first kappa shape index (κ1) is 15.9. The molecular weight excluding hydrogens is 282 g/mol. The zero-order chi connectivity index (χ0) is 15.5. The molecule has 0 saturated carbocycles. The summed E-state index contributed by atoms with van der Waals surface area (Å²) in [5, 5.41) is 4.01. The minimum Gasteiger partial charge on any atom is -0.373 e. The third kappa shape index (κ3) is 3.84. The molecule has 0 bridgehead atoms. The number of nitrogens with two attached hydrogens (primary N) is 1. The van der Waals surface area contributed by atoms with Crippen molar-refractivity contribution in [2.45, 2.75) is 58.0 Å². The van der Waals surface area contributed by atoms with Gasteiger partial charge in [-0.05, 0) is 33.2 Å². The molecule has 1 aromatic rings. The fourth-order valence-corrected chi connectivity index (χ4v) is 3.66. The Balaban J connectivity index is 1.56. The van der Waals surface area contributed by atoms with E-state index < -0.39 is 0 Å². The summed E-state index contributed by atoms with van der Waals surface area (Å²) in [6.45, 7) is 9.61. The Hall–Kier alpha value is -1.02.